The molecule has 0 aromatic heterocycles. The Morgan fingerprint density at radius 1 is 1.10 bits per heavy atom. The third-order valence-electron chi connectivity index (χ3n) is 4.49. The molecule has 0 bridgehead atoms. The minimum atomic E-state index is 0.0610. The first-order valence-electron chi connectivity index (χ1n) is 8.61. The minimum absolute atomic E-state index is 0.0610. The van der Waals surface area contributed by atoms with Crippen molar-refractivity contribution < 1.29 is 14.2 Å². The molecule has 1 saturated carbocycles. The Kier molecular flexibility index (Phi) is 10.3. The van der Waals surface area contributed by atoms with Crippen molar-refractivity contribution in [2.75, 3.05) is 47.1 Å². The van der Waals surface area contributed by atoms with E-state index in [9.17, 15) is 0 Å². The van der Waals surface area contributed by atoms with E-state index in [4.69, 9.17) is 14.2 Å². The van der Waals surface area contributed by atoms with E-state index < -0.39 is 0 Å². The van der Waals surface area contributed by atoms with Gasteiger partial charge < -0.3 is 19.5 Å². The zero-order chi connectivity index (χ0) is 15.4. The fourth-order valence-corrected chi connectivity index (χ4v) is 3.29. The van der Waals surface area contributed by atoms with Crippen molar-refractivity contribution in [2.45, 2.75) is 57.5 Å². The molecule has 1 rings (SSSR count). The fourth-order valence-electron chi connectivity index (χ4n) is 3.29. The molecule has 0 radical (unpaired) electrons. The van der Waals surface area contributed by atoms with Crippen molar-refractivity contribution in [3.63, 3.8) is 0 Å². The average Bonchev–Trinajstić information content (AvgIpc) is 2.49. The Hall–Kier alpha value is -0.160. The highest BCUT2D eigenvalue weighted by Gasteiger charge is 2.35. The largest absolute Gasteiger partial charge is 0.382 e. The monoisotopic (exact) mass is 301 g/mol. The minimum Gasteiger partial charge on any atom is -0.382 e. The molecular weight excluding hydrogens is 266 g/mol. The molecule has 0 amide bonds. The SMILES string of the molecule is CCCC1CCC(CNC)(OCCCOCCOC)CC1. The summed E-state index contributed by atoms with van der Waals surface area (Å²) in [5.41, 5.74) is 0.0610. The van der Waals surface area contributed by atoms with E-state index in [1.54, 1.807) is 7.11 Å². The van der Waals surface area contributed by atoms with Crippen LogP contribution in [0, 0.1) is 5.92 Å². The van der Waals surface area contributed by atoms with E-state index in [2.05, 4.69) is 12.2 Å². The molecule has 0 heterocycles. The standard InChI is InChI=1S/C17H35NO3/c1-4-6-16-7-9-17(10-8-16,15-18-2)21-12-5-11-20-14-13-19-3/h16,18H,4-15H2,1-3H3. The summed E-state index contributed by atoms with van der Waals surface area (Å²) >= 11 is 0. The topological polar surface area (TPSA) is 39.7 Å². The van der Waals surface area contributed by atoms with Crippen molar-refractivity contribution in [3.8, 4) is 0 Å². The summed E-state index contributed by atoms with van der Waals surface area (Å²) in [6.07, 6.45) is 8.69. The third kappa shape index (κ3) is 7.59. The lowest BCUT2D eigenvalue weighted by atomic mass is 9.77. The normalized spacial score (nSPS) is 26.1. The number of methoxy groups -OCH3 is 1. The summed E-state index contributed by atoms with van der Waals surface area (Å²) in [4.78, 5) is 0. The van der Waals surface area contributed by atoms with Crippen molar-refractivity contribution in [1.82, 2.24) is 5.32 Å². The van der Waals surface area contributed by atoms with Crippen LogP contribution in [0.4, 0.5) is 0 Å². The lowest BCUT2D eigenvalue weighted by Crippen LogP contribution is -2.45. The molecule has 4 nitrogen and oxygen atoms in total. The van der Waals surface area contributed by atoms with Crippen LogP contribution in [0.2, 0.25) is 0 Å². The second kappa shape index (κ2) is 11.4. The van der Waals surface area contributed by atoms with Crippen LogP contribution in [0.1, 0.15) is 51.9 Å². The van der Waals surface area contributed by atoms with Gasteiger partial charge in [0.2, 0.25) is 0 Å². The summed E-state index contributed by atoms with van der Waals surface area (Å²) in [5.74, 6) is 0.918. The molecule has 0 aliphatic heterocycles. The second-order valence-electron chi connectivity index (χ2n) is 6.25. The number of likely N-dealkylation sites (N-methyl/N-ethyl adjacent to an activating group) is 1. The van der Waals surface area contributed by atoms with Gasteiger partial charge in [0.15, 0.2) is 0 Å². The van der Waals surface area contributed by atoms with Crippen LogP contribution >= 0.6 is 0 Å². The van der Waals surface area contributed by atoms with Crippen molar-refractivity contribution in [1.29, 1.82) is 0 Å². The van der Waals surface area contributed by atoms with Gasteiger partial charge in [-0.1, -0.05) is 19.8 Å². The smallest absolute Gasteiger partial charge is 0.0806 e. The molecule has 0 aromatic carbocycles. The van der Waals surface area contributed by atoms with Gasteiger partial charge in [-0.25, -0.2) is 0 Å². The predicted molar refractivity (Wildman–Crippen MR) is 86.8 cm³/mol. The van der Waals surface area contributed by atoms with E-state index in [0.29, 0.717) is 13.2 Å². The van der Waals surface area contributed by atoms with E-state index in [1.807, 2.05) is 7.05 Å². The van der Waals surface area contributed by atoms with Crippen molar-refractivity contribution in [2.24, 2.45) is 5.92 Å². The van der Waals surface area contributed by atoms with Crippen LogP contribution < -0.4 is 5.32 Å². The Morgan fingerprint density at radius 3 is 2.48 bits per heavy atom. The molecule has 0 atom stereocenters. The number of rotatable bonds is 12. The number of hydrogen-bond donors (Lipinski definition) is 1. The fraction of sp³-hybridized carbons (Fsp3) is 1.00. The molecular formula is C17H35NO3. The van der Waals surface area contributed by atoms with Gasteiger partial charge in [-0.2, -0.15) is 0 Å². The molecule has 0 aromatic rings. The molecule has 21 heavy (non-hydrogen) atoms. The number of nitrogens with one attached hydrogen (secondary N) is 1. The Balaban J connectivity index is 2.20. The molecule has 4 heteroatoms. The highest BCUT2D eigenvalue weighted by Crippen LogP contribution is 2.36. The Labute approximate surface area is 130 Å². The van der Waals surface area contributed by atoms with Gasteiger partial charge in [-0.3, -0.25) is 0 Å². The molecule has 0 saturated heterocycles. The highest BCUT2D eigenvalue weighted by atomic mass is 16.5. The van der Waals surface area contributed by atoms with Crippen LogP contribution in [0.15, 0.2) is 0 Å². The number of ether oxygens (including phenoxy) is 3. The first-order chi connectivity index (χ1) is 10.3. The molecule has 0 unspecified atom stereocenters. The molecule has 1 aliphatic carbocycles. The van der Waals surface area contributed by atoms with Gasteiger partial charge in [-0.05, 0) is 45.1 Å². The van der Waals surface area contributed by atoms with Gasteiger partial charge in [0.1, 0.15) is 0 Å². The maximum atomic E-state index is 6.27. The van der Waals surface area contributed by atoms with Crippen LogP contribution in [0.5, 0.6) is 0 Å². The van der Waals surface area contributed by atoms with Crippen LogP contribution in [-0.4, -0.2) is 52.7 Å². The van der Waals surface area contributed by atoms with Gasteiger partial charge in [0.25, 0.3) is 0 Å². The zero-order valence-electron chi connectivity index (χ0n) is 14.3. The maximum Gasteiger partial charge on any atom is 0.0806 e. The van der Waals surface area contributed by atoms with Gasteiger partial charge in [0, 0.05) is 26.9 Å². The molecule has 1 fully saturated rings. The summed E-state index contributed by atoms with van der Waals surface area (Å²) in [7, 11) is 3.72. The Morgan fingerprint density at radius 2 is 1.86 bits per heavy atom. The summed E-state index contributed by atoms with van der Waals surface area (Å²) < 4.78 is 16.7. The number of hydrogen-bond acceptors (Lipinski definition) is 4. The Bertz CT molecular complexity index is 240. The van der Waals surface area contributed by atoms with Crippen molar-refractivity contribution >= 4 is 0 Å². The maximum absolute atomic E-state index is 6.27. The molecule has 1 aliphatic rings. The van der Waals surface area contributed by atoms with E-state index in [0.717, 1.165) is 32.1 Å². The molecule has 126 valence electrons. The third-order valence-corrected chi connectivity index (χ3v) is 4.49. The van der Waals surface area contributed by atoms with Gasteiger partial charge in [-0.15, -0.1) is 0 Å². The van der Waals surface area contributed by atoms with E-state index in [-0.39, 0.29) is 5.60 Å². The summed E-state index contributed by atoms with van der Waals surface area (Å²) in [6, 6.07) is 0. The van der Waals surface area contributed by atoms with Crippen molar-refractivity contribution in [3.05, 3.63) is 0 Å². The lowest BCUT2D eigenvalue weighted by molar-refractivity contribution is -0.0814. The predicted octanol–water partition coefficient (Wildman–Crippen LogP) is 3.00. The first kappa shape index (κ1) is 18.9. The second-order valence-corrected chi connectivity index (χ2v) is 6.25. The van der Waals surface area contributed by atoms with Crippen LogP contribution in [0.3, 0.4) is 0 Å². The lowest BCUT2D eigenvalue weighted by Gasteiger charge is -2.40. The highest BCUT2D eigenvalue weighted by molar-refractivity contribution is 4.89. The molecule has 0 spiro atoms. The first-order valence-corrected chi connectivity index (χ1v) is 8.61. The quantitative estimate of drug-likeness (QED) is 0.563. The van der Waals surface area contributed by atoms with Gasteiger partial charge in [0.05, 0.1) is 18.8 Å². The summed E-state index contributed by atoms with van der Waals surface area (Å²) in [6.45, 7) is 6.16. The summed E-state index contributed by atoms with van der Waals surface area (Å²) in [5, 5.41) is 3.32. The van der Waals surface area contributed by atoms with E-state index >= 15 is 0 Å². The average molecular weight is 301 g/mol. The van der Waals surface area contributed by atoms with E-state index in [1.165, 1.54) is 38.5 Å². The van der Waals surface area contributed by atoms with Crippen LogP contribution in [-0.2, 0) is 14.2 Å². The van der Waals surface area contributed by atoms with Crippen LogP contribution in [0.25, 0.3) is 0 Å². The molecule has 1 N–H and O–H groups in total. The van der Waals surface area contributed by atoms with Gasteiger partial charge >= 0.3 is 0 Å². The zero-order valence-corrected chi connectivity index (χ0v) is 14.3.